The van der Waals surface area contributed by atoms with E-state index in [4.69, 9.17) is 5.73 Å². The average molecular weight is 221 g/mol. The van der Waals surface area contributed by atoms with Crippen LogP contribution in [0.25, 0.3) is 0 Å². The topological polar surface area (TPSA) is 71.8 Å². The van der Waals surface area contributed by atoms with Gasteiger partial charge in [-0.1, -0.05) is 12.8 Å². The van der Waals surface area contributed by atoms with Gasteiger partial charge in [0.05, 0.1) is 5.69 Å². The summed E-state index contributed by atoms with van der Waals surface area (Å²) in [5.41, 5.74) is 7.36. The molecule has 3 N–H and O–H groups in total. The summed E-state index contributed by atoms with van der Waals surface area (Å²) in [6.45, 7) is 2.35. The summed E-state index contributed by atoms with van der Waals surface area (Å²) >= 11 is 0. The summed E-state index contributed by atoms with van der Waals surface area (Å²) < 4.78 is 0. The summed E-state index contributed by atoms with van der Waals surface area (Å²) in [5.74, 6) is 1.19. The zero-order chi connectivity index (χ0) is 11.5. The fourth-order valence-corrected chi connectivity index (χ4v) is 2.56. The van der Waals surface area contributed by atoms with Crippen LogP contribution in [0.1, 0.15) is 48.7 Å². The predicted molar refractivity (Wildman–Crippen MR) is 63.6 cm³/mol. The molecule has 0 aromatic carbocycles. The van der Waals surface area contributed by atoms with Crippen molar-refractivity contribution in [3.63, 3.8) is 0 Å². The zero-order valence-electron chi connectivity index (χ0n) is 9.75. The van der Waals surface area contributed by atoms with E-state index in [9.17, 15) is 4.79 Å². The van der Waals surface area contributed by atoms with Crippen LogP contribution in [-0.2, 0) is 6.42 Å². The summed E-state index contributed by atoms with van der Waals surface area (Å²) in [5, 5.41) is 0. The molecule has 0 unspecified atom stereocenters. The fourth-order valence-electron chi connectivity index (χ4n) is 2.56. The lowest BCUT2D eigenvalue weighted by Crippen LogP contribution is -2.23. The van der Waals surface area contributed by atoms with Crippen LogP contribution in [0.15, 0.2) is 4.79 Å². The molecule has 0 spiro atoms. The monoisotopic (exact) mass is 221 g/mol. The molecule has 1 aromatic rings. The van der Waals surface area contributed by atoms with Gasteiger partial charge in [-0.3, -0.25) is 4.79 Å². The van der Waals surface area contributed by atoms with Gasteiger partial charge in [0.2, 0.25) is 0 Å². The smallest absolute Gasteiger partial charge is 0.254 e. The molecule has 0 atom stereocenters. The number of nitrogens with two attached hydrogens (primary N) is 1. The van der Waals surface area contributed by atoms with Crippen molar-refractivity contribution < 1.29 is 0 Å². The van der Waals surface area contributed by atoms with Crippen LogP contribution in [0.3, 0.4) is 0 Å². The highest BCUT2D eigenvalue weighted by Crippen LogP contribution is 2.33. The van der Waals surface area contributed by atoms with Crippen LogP contribution >= 0.6 is 0 Å². The Morgan fingerprint density at radius 2 is 2.12 bits per heavy atom. The number of H-pyrrole nitrogens is 1. The molecule has 0 aliphatic heterocycles. The first-order chi connectivity index (χ1) is 7.72. The Hall–Kier alpha value is -1.16. The minimum absolute atomic E-state index is 0.000139. The first-order valence-corrected chi connectivity index (χ1v) is 6.02. The molecule has 0 radical (unpaired) electrons. The van der Waals surface area contributed by atoms with E-state index in [0.717, 1.165) is 24.1 Å². The molecule has 1 heterocycles. The number of hydrogen-bond donors (Lipinski definition) is 2. The van der Waals surface area contributed by atoms with E-state index in [0.29, 0.717) is 24.7 Å². The Morgan fingerprint density at radius 3 is 2.75 bits per heavy atom. The molecule has 88 valence electrons. The number of aromatic amines is 1. The number of nitrogens with zero attached hydrogens (tertiary/aromatic N) is 1. The second-order valence-electron chi connectivity index (χ2n) is 4.54. The molecule has 1 fully saturated rings. The number of aryl methyl sites for hydroxylation is 1. The molecule has 0 bridgehead atoms. The normalized spacial score (nSPS) is 16.9. The largest absolute Gasteiger partial charge is 0.330 e. The Labute approximate surface area is 95.3 Å². The minimum atomic E-state index is -0.000139. The lowest BCUT2D eigenvalue weighted by Gasteiger charge is -2.13. The first kappa shape index (κ1) is 11.3. The van der Waals surface area contributed by atoms with Gasteiger partial charge in [0.25, 0.3) is 5.56 Å². The highest BCUT2D eigenvalue weighted by molar-refractivity contribution is 5.23. The molecular formula is C12H19N3O. The molecule has 4 nitrogen and oxygen atoms in total. The van der Waals surface area contributed by atoms with Crippen molar-refractivity contribution in [2.24, 2.45) is 5.73 Å². The van der Waals surface area contributed by atoms with E-state index in [1.165, 1.54) is 12.8 Å². The molecule has 16 heavy (non-hydrogen) atoms. The number of rotatable bonds is 3. The predicted octanol–water partition coefficient (Wildman–Crippen LogP) is 1.24. The Morgan fingerprint density at radius 1 is 1.44 bits per heavy atom. The maximum Gasteiger partial charge on any atom is 0.254 e. The van der Waals surface area contributed by atoms with Gasteiger partial charge in [0.1, 0.15) is 5.82 Å². The van der Waals surface area contributed by atoms with Crippen LogP contribution < -0.4 is 11.3 Å². The van der Waals surface area contributed by atoms with E-state index in [-0.39, 0.29) is 5.56 Å². The Balaban J connectivity index is 2.43. The van der Waals surface area contributed by atoms with Gasteiger partial charge in [0, 0.05) is 11.5 Å². The average Bonchev–Trinajstić information content (AvgIpc) is 2.75. The van der Waals surface area contributed by atoms with Gasteiger partial charge in [-0.15, -0.1) is 0 Å². The van der Waals surface area contributed by atoms with Crippen LogP contribution in [0.5, 0.6) is 0 Å². The molecule has 0 amide bonds. The van der Waals surface area contributed by atoms with Crippen LogP contribution in [0.4, 0.5) is 0 Å². The summed E-state index contributed by atoms with van der Waals surface area (Å²) in [6, 6.07) is 0. The van der Waals surface area contributed by atoms with Crippen molar-refractivity contribution in [2.75, 3.05) is 6.54 Å². The molecule has 1 aliphatic rings. The third kappa shape index (κ3) is 2.16. The summed E-state index contributed by atoms with van der Waals surface area (Å²) in [7, 11) is 0. The van der Waals surface area contributed by atoms with Gasteiger partial charge >= 0.3 is 0 Å². The van der Waals surface area contributed by atoms with E-state index in [1.807, 2.05) is 6.92 Å². The maximum atomic E-state index is 11.9. The zero-order valence-corrected chi connectivity index (χ0v) is 9.75. The second kappa shape index (κ2) is 4.78. The first-order valence-electron chi connectivity index (χ1n) is 6.02. The van der Waals surface area contributed by atoms with Crippen LogP contribution in [0, 0.1) is 6.92 Å². The van der Waals surface area contributed by atoms with Crippen molar-refractivity contribution in [1.29, 1.82) is 0 Å². The van der Waals surface area contributed by atoms with E-state index in [2.05, 4.69) is 9.97 Å². The molecule has 4 heteroatoms. The van der Waals surface area contributed by atoms with E-state index >= 15 is 0 Å². The molecular weight excluding hydrogens is 202 g/mol. The van der Waals surface area contributed by atoms with Gasteiger partial charge in [0.15, 0.2) is 0 Å². The molecule has 1 aliphatic carbocycles. The lowest BCUT2D eigenvalue weighted by atomic mass is 9.97. The third-order valence-electron chi connectivity index (χ3n) is 3.30. The number of aromatic nitrogens is 2. The second-order valence-corrected chi connectivity index (χ2v) is 4.54. The van der Waals surface area contributed by atoms with Crippen molar-refractivity contribution >= 4 is 0 Å². The Bertz CT molecular complexity index is 419. The van der Waals surface area contributed by atoms with Gasteiger partial charge in [-0.05, 0) is 32.7 Å². The third-order valence-corrected chi connectivity index (χ3v) is 3.30. The van der Waals surface area contributed by atoms with Gasteiger partial charge < -0.3 is 10.7 Å². The minimum Gasteiger partial charge on any atom is -0.330 e. The number of hydrogen-bond acceptors (Lipinski definition) is 3. The van der Waals surface area contributed by atoms with Crippen LogP contribution in [-0.4, -0.2) is 16.5 Å². The fraction of sp³-hybridized carbons (Fsp3) is 0.667. The van der Waals surface area contributed by atoms with E-state index in [1.54, 1.807) is 0 Å². The van der Waals surface area contributed by atoms with Crippen molar-refractivity contribution in [2.45, 2.75) is 44.9 Å². The molecule has 1 saturated carbocycles. The molecule has 0 saturated heterocycles. The summed E-state index contributed by atoms with van der Waals surface area (Å²) in [4.78, 5) is 19.1. The summed E-state index contributed by atoms with van der Waals surface area (Å²) in [6.07, 6.45) is 5.45. The standard InChI is InChI=1S/C12H19N3O/c1-8-14-11(9-4-2-3-5-9)10(6-7-13)12(16)15-8/h9H,2-7,13H2,1H3,(H,14,15,16). The molecule has 2 rings (SSSR count). The maximum absolute atomic E-state index is 11.9. The van der Waals surface area contributed by atoms with Gasteiger partial charge in [-0.2, -0.15) is 0 Å². The Kier molecular flexibility index (Phi) is 3.39. The highest BCUT2D eigenvalue weighted by Gasteiger charge is 2.22. The number of nitrogens with one attached hydrogen (secondary N) is 1. The van der Waals surface area contributed by atoms with Crippen molar-refractivity contribution in [1.82, 2.24) is 9.97 Å². The van der Waals surface area contributed by atoms with Crippen molar-refractivity contribution in [3.05, 3.63) is 27.4 Å². The van der Waals surface area contributed by atoms with Crippen molar-refractivity contribution in [3.8, 4) is 0 Å². The SMILES string of the molecule is Cc1nc(C2CCCC2)c(CCN)c(=O)[nH]1. The molecule has 1 aromatic heterocycles. The highest BCUT2D eigenvalue weighted by atomic mass is 16.1. The van der Waals surface area contributed by atoms with Gasteiger partial charge in [-0.25, -0.2) is 4.98 Å². The lowest BCUT2D eigenvalue weighted by molar-refractivity contribution is 0.669. The quantitative estimate of drug-likeness (QED) is 0.806. The van der Waals surface area contributed by atoms with E-state index < -0.39 is 0 Å². The van der Waals surface area contributed by atoms with Crippen LogP contribution in [0.2, 0.25) is 0 Å².